The van der Waals surface area contributed by atoms with E-state index in [9.17, 15) is 8.42 Å². The zero-order valence-corrected chi connectivity index (χ0v) is 16.0. The van der Waals surface area contributed by atoms with Gasteiger partial charge in [-0.25, -0.2) is 13.1 Å². The third kappa shape index (κ3) is 4.72. The summed E-state index contributed by atoms with van der Waals surface area (Å²) >= 11 is 0. The van der Waals surface area contributed by atoms with Crippen LogP contribution in [-0.4, -0.2) is 31.8 Å². The summed E-state index contributed by atoms with van der Waals surface area (Å²) in [7, 11) is -3.61. The van der Waals surface area contributed by atoms with Crippen LogP contribution >= 0.6 is 0 Å². The molecule has 0 saturated carbocycles. The molecule has 8 heteroatoms. The minimum atomic E-state index is -3.61. The summed E-state index contributed by atoms with van der Waals surface area (Å²) in [5.74, 6) is 1.44. The van der Waals surface area contributed by atoms with Crippen molar-refractivity contribution in [2.75, 3.05) is 13.2 Å². The molecular formula is C19H21N3O4S. The molecule has 1 heterocycles. The molecule has 1 N–H and O–H groups in total. The molecule has 1 aromatic heterocycles. The van der Waals surface area contributed by atoms with Gasteiger partial charge >= 0.3 is 0 Å². The molecule has 0 aliphatic heterocycles. The lowest BCUT2D eigenvalue weighted by atomic mass is 10.1. The monoisotopic (exact) mass is 387 g/mol. The van der Waals surface area contributed by atoms with Crippen molar-refractivity contribution in [2.24, 2.45) is 0 Å². The van der Waals surface area contributed by atoms with Crippen LogP contribution < -0.4 is 9.46 Å². The smallest absolute Gasteiger partial charge is 0.247 e. The summed E-state index contributed by atoms with van der Waals surface area (Å²) in [5.41, 5.74) is 1.90. The number of sulfonamides is 1. The van der Waals surface area contributed by atoms with E-state index in [1.165, 1.54) is 12.1 Å². The Balaban J connectivity index is 1.60. The highest BCUT2D eigenvalue weighted by molar-refractivity contribution is 7.89. The van der Waals surface area contributed by atoms with Gasteiger partial charge < -0.3 is 9.15 Å². The molecule has 3 aromatic rings. The first kappa shape index (κ1) is 19.1. The van der Waals surface area contributed by atoms with Crippen molar-refractivity contribution < 1.29 is 17.6 Å². The normalized spacial score (nSPS) is 11.5. The van der Waals surface area contributed by atoms with E-state index in [1.54, 1.807) is 12.1 Å². The standard InChI is InChI=1S/C19H21N3O4S/c1-3-25-15-8-10-16(11-9-15)27(23,24)20-13-12-18-21-22-19(26-18)17-7-5-4-6-14(17)2/h4-11,20H,3,12-13H2,1-2H3. The van der Waals surface area contributed by atoms with E-state index < -0.39 is 10.0 Å². The first-order valence-corrected chi connectivity index (χ1v) is 10.1. The van der Waals surface area contributed by atoms with Crippen LogP contribution in [0.2, 0.25) is 0 Å². The number of hydrogen-bond donors (Lipinski definition) is 1. The molecule has 7 nitrogen and oxygen atoms in total. The largest absolute Gasteiger partial charge is 0.494 e. The number of aryl methyl sites for hydroxylation is 1. The number of aromatic nitrogens is 2. The number of hydrogen-bond acceptors (Lipinski definition) is 6. The highest BCUT2D eigenvalue weighted by atomic mass is 32.2. The van der Waals surface area contributed by atoms with E-state index >= 15 is 0 Å². The van der Waals surface area contributed by atoms with Gasteiger partial charge in [-0.2, -0.15) is 0 Å². The van der Waals surface area contributed by atoms with E-state index in [0.717, 1.165) is 11.1 Å². The van der Waals surface area contributed by atoms with Crippen LogP contribution in [0.15, 0.2) is 57.8 Å². The molecule has 0 aliphatic rings. The van der Waals surface area contributed by atoms with Crippen LogP contribution in [-0.2, 0) is 16.4 Å². The van der Waals surface area contributed by atoms with Gasteiger partial charge in [-0.3, -0.25) is 0 Å². The van der Waals surface area contributed by atoms with Gasteiger partial charge in [0.05, 0.1) is 11.5 Å². The zero-order valence-electron chi connectivity index (χ0n) is 15.2. The third-order valence-corrected chi connectivity index (χ3v) is 5.40. The van der Waals surface area contributed by atoms with Gasteiger partial charge in [0.25, 0.3) is 0 Å². The number of nitrogens with zero attached hydrogens (tertiary/aromatic N) is 2. The maximum Gasteiger partial charge on any atom is 0.247 e. The molecule has 0 radical (unpaired) electrons. The molecule has 0 spiro atoms. The number of ether oxygens (including phenoxy) is 1. The third-order valence-electron chi connectivity index (χ3n) is 3.92. The van der Waals surface area contributed by atoms with Gasteiger partial charge in [0.15, 0.2) is 0 Å². The molecular weight excluding hydrogens is 366 g/mol. The van der Waals surface area contributed by atoms with E-state index in [4.69, 9.17) is 9.15 Å². The molecule has 0 unspecified atom stereocenters. The highest BCUT2D eigenvalue weighted by Crippen LogP contribution is 2.21. The Morgan fingerprint density at radius 1 is 1.07 bits per heavy atom. The number of nitrogens with one attached hydrogen (secondary N) is 1. The van der Waals surface area contributed by atoms with Crippen molar-refractivity contribution in [3.8, 4) is 17.2 Å². The maximum atomic E-state index is 12.3. The summed E-state index contributed by atoms with van der Waals surface area (Å²) in [6.07, 6.45) is 0.301. The number of rotatable bonds is 8. The minimum absolute atomic E-state index is 0.158. The van der Waals surface area contributed by atoms with Crippen LogP contribution in [0.3, 0.4) is 0 Å². The molecule has 27 heavy (non-hydrogen) atoms. The zero-order chi connectivity index (χ0) is 19.3. The summed E-state index contributed by atoms with van der Waals surface area (Å²) in [5, 5.41) is 8.03. The van der Waals surface area contributed by atoms with Crippen molar-refractivity contribution in [2.45, 2.75) is 25.2 Å². The van der Waals surface area contributed by atoms with Crippen LogP contribution in [0.1, 0.15) is 18.4 Å². The molecule has 0 bridgehead atoms. The van der Waals surface area contributed by atoms with Crippen molar-refractivity contribution >= 4 is 10.0 Å². The van der Waals surface area contributed by atoms with Crippen molar-refractivity contribution in [3.63, 3.8) is 0 Å². The van der Waals surface area contributed by atoms with Crippen LogP contribution in [0.4, 0.5) is 0 Å². The van der Waals surface area contributed by atoms with Crippen LogP contribution in [0.5, 0.6) is 5.75 Å². The fourth-order valence-electron chi connectivity index (χ4n) is 2.53. The minimum Gasteiger partial charge on any atom is -0.494 e. The van der Waals surface area contributed by atoms with Crippen molar-refractivity contribution in [1.82, 2.24) is 14.9 Å². The molecule has 0 saturated heterocycles. The Bertz CT molecular complexity index is 998. The molecule has 0 aliphatic carbocycles. The molecule has 3 rings (SSSR count). The van der Waals surface area contributed by atoms with Crippen molar-refractivity contribution in [1.29, 1.82) is 0 Å². The van der Waals surface area contributed by atoms with Crippen LogP contribution in [0.25, 0.3) is 11.5 Å². The van der Waals surface area contributed by atoms with Gasteiger partial charge in [0.1, 0.15) is 5.75 Å². The second-order valence-electron chi connectivity index (χ2n) is 5.87. The summed E-state index contributed by atoms with van der Waals surface area (Å²) < 4.78 is 38.2. The Labute approximate surface area is 158 Å². The average molecular weight is 387 g/mol. The SMILES string of the molecule is CCOc1ccc(S(=O)(=O)NCCc2nnc(-c3ccccc3C)o2)cc1. The molecule has 0 fully saturated rings. The lowest BCUT2D eigenvalue weighted by Crippen LogP contribution is -2.26. The molecule has 142 valence electrons. The Hall–Kier alpha value is -2.71. The summed E-state index contributed by atoms with van der Waals surface area (Å²) in [6.45, 7) is 4.52. The van der Waals surface area contributed by atoms with E-state index in [2.05, 4.69) is 14.9 Å². The van der Waals surface area contributed by atoms with E-state index in [1.807, 2.05) is 38.1 Å². The second-order valence-corrected chi connectivity index (χ2v) is 7.64. The van der Waals surface area contributed by atoms with E-state index in [-0.39, 0.29) is 11.4 Å². The van der Waals surface area contributed by atoms with E-state index in [0.29, 0.717) is 30.6 Å². The van der Waals surface area contributed by atoms with Gasteiger partial charge in [-0.1, -0.05) is 18.2 Å². The Morgan fingerprint density at radius 3 is 2.52 bits per heavy atom. The first-order chi connectivity index (χ1) is 13.0. The topological polar surface area (TPSA) is 94.3 Å². The van der Waals surface area contributed by atoms with Gasteiger partial charge in [-0.05, 0) is 49.7 Å². The average Bonchev–Trinajstić information content (AvgIpc) is 3.11. The van der Waals surface area contributed by atoms with Gasteiger partial charge in [-0.15, -0.1) is 10.2 Å². The van der Waals surface area contributed by atoms with Gasteiger partial charge in [0, 0.05) is 18.5 Å². The maximum absolute atomic E-state index is 12.3. The van der Waals surface area contributed by atoms with Crippen molar-refractivity contribution in [3.05, 3.63) is 60.0 Å². The number of benzene rings is 2. The summed E-state index contributed by atoms with van der Waals surface area (Å²) in [6, 6.07) is 14.0. The Morgan fingerprint density at radius 2 is 1.81 bits per heavy atom. The lowest BCUT2D eigenvalue weighted by Gasteiger charge is -2.07. The quantitative estimate of drug-likeness (QED) is 0.639. The fourth-order valence-corrected chi connectivity index (χ4v) is 3.57. The predicted molar refractivity (Wildman–Crippen MR) is 101 cm³/mol. The van der Waals surface area contributed by atoms with Crippen LogP contribution in [0, 0.1) is 6.92 Å². The lowest BCUT2D eigenvalue weighted by molar-refractivity contribution is 0.340. The summed E-state index contributed by atoms with van der Waals surface area (Å²) in [4.78, 5) is 0.178. The molecule has 0 atom stereocenters. The molecule has 2 aromatic carbocycles. The van der Waals surface area contributed by atoms with Gasteiger partial charge in [0.2, 0.25) is 21.8 Å². The molecule has 0 amide bonds. The second kappa shape index (κ2) is 8.32. The Kier molecular flexibility index (Phi) is 5.88. The fraction of sp³-hybridized carbons (Fsp3) is 0.263. The first-order valence-electron chi connectivity index (χ1n) is 8.60. The highest BCUT2D eigenvalue weighted by Gasteiger charge is 2.15. The predicted octanol–water partition coefficient (Wildman–Crippen LogP) is 2.96.